The molecule has 2 aliphatic heterocycles. The SMILES string of the molecule is N#Cc1cc(S(=O)(=O)N2CCC3CCC(C2)N3)ccc1F. The number of fused-ring (bicyclic) bond motifs is 2. The first kappa shape index (κ1) is 14.4. The molecule has 2 heterocycles. The lowest BCUT2D eigenvalue weighted by atomic mass is 10.1. The van der Waals surface area contributed by atoms with E-state index in [9.17, 15) is 12.8 Å². The molecule has 2 bridgehead atoms. The predicted molar refractivity (Wildman–Crippen MR) is 74.4 cm³/mol. The Hall–Kier alpha value is -1.49. The zero-order chi connectivity index (χ0) is 15.0. The van der Waals surface area contributed by atoms with Crippen LogP contribution in [-0.4, -0.2) is 37.9 Å². The van der Waals surface area contributed by atoms with Crippen molar-refractivity contribution in [2.24, 2.45) is 0 Å². The van der Waals surface area contributed by atoms with Gasteiger partial charge in [-0.3, -0.25) is 0 Å². The zero-order valence-corrected chi connectivity index (χ0v) is 12.2. The van der Waals surface area contributed by atoms with Crippen LogP contribution < -0.4 is 5.32 Å². The van der Waals surface area contributed by atoms with Crippen molar-refractivity contribution in [2.75, 3.05) is 13.1 Å². The molecule has 2 unspecified atom stereocenters. The highest BCUT2D eigenvalue weighted by atomic mass is 32.2. The van der Waals surface area contributed by atoms with Gasteiger partial charge < -0.3 is 5.32 Å². The third-order valence-corrected chi connectivity index (χ3v) is 6.04. The van der Waals surface area contributed by atoms with Gasteiger partial charge in [-0.25, -0.2) is 12.8 Å². The second-order valence-electron chi connectivity index (χ2n) is 5.54. The van der Waals surface area contributed by atoms with Gasteiger partial charge in [0.1, 0.15) is 11.9 Å². The molecule has 2 atom stereocenters. The molecule has 0 aromatic heterocycles. The van der Waals surface area contributed by atoms with E-state index in [0.29, 0.717) is 19.1 Å². The zero-order valence-electron chi connectivity index (χ0n) is 11.4. The quantitative estimate of drug-likeness (QED) is 0.891. The molecule has 3 rings (SSSR count). The van der Waals surface area contributed by atoms with Crippen molar-refractivity contribution in [1.82, 2.24) is 9.62 Å². The van der Waals surface area contributed by atoms with E-state index >= 15 is 0 Å². The van der Waals surface area contributed by atoms with Crippen LogP contribution >= 0.6 is 0 Å². The monoisotopic (exact) mass is 309 g/mol. The number of hydrogen-bond acceptors (Lipinski definition) is 4. The molecule has 1 aromatic rings. The molecule has 7 heteroatoms. The van der Waals surface area contributed by atoms with Crippen molar-refractivity contribution >= 4 is 10.0 Å². The number of nitrogens with zero attached hydrogens (tertiary/aromatic N) is 2. The van der Waals surface area contributed by atoms with E-state index in [-0.39, 0.29) is 16.5 Å². The molecule has 2 saturated heterocycles. The van der Waals surface area contributed by atoms with Gasteiger partial charge in [-0.1, -0.05) is 0 Å². The molecule has 1 aromatic carbocycles. The summed E-state index contributed by atoms with van der Waals surface area (Å²) in [7, 11) is -3.68. The minimum Gasteiger partial charge on any atom is -0.310 e. The molecule has 1 N–H and O–H groups in total. The lowest BCUT2D eigenvalue weighted by Crippen LogP contribution is -2.39. The summed E-state index contributed by atoms with van der Waals surface area (Å²) in [5.41, 5.74) is -0.245. The van der Waals surface area contributed by atoms with Crippen molar-refractivity contribution < 1.29 is 12.8 Å². The van der Waals surface area contributed by atoms with Gasteiger partial charge in [-0.2, -0.15) is 9.57 Å². The fraction of sp³-hybridized carbons (Fsp3) is 0.500. The van der Waals surface area contributed by atoms with Gasteiger partial charge >= 0.3 is 0 Å². The third kappa shape index (κ3) is 2.67. The molecule has 0 saturated carbocycles. The van der Waals surface area contributed by atoms with Crippen LogP contribution in [0.25, 0.3) is 0 Å². The molecule has 0 spiro atoms. The van der Waals surface area contributed by atoms with Crippen molar-refractivity contribution in [3.63, 3.8) is 0 Å². The Morgan fingerprint density at radius 2 is 2.05 bits per heavy atom. The number of rotatable bonds is 2. The number of sulfonamides is 1. The summed E-state index contributed by atoms with van der Waals surface area (Å²) < 4.78 is 40.1. The normalized spacial score (nSPS) is 26.3. The second kappa shape index (κ2) is 5.37. The van der Waals surface area contributed by atoms with Crippen LogP contribution in [0.1, 0.15) is 24.8 Å². The lowest BCUT2D eigenvalue weighted by Gasteiger charge is -2.23. The summed E-state index contributed by atoms with van der Waals surface area (Å²) in [6.07, 6.45) is 2.85. The molecule has 0 radical (unpaired) electrons. The van der Waals surface area contributed by atoms with Crippen molar-refractivity contribution in [1.29, 1.82) is 5.26 Å². The van der Waals surface area contributed by atoms with Gasteiger partial charge in [0, 0.05) is 25.2 Å². The van der Waals surface area contributed by atoms with Crippen LogP contribution in [0.5, 0.6) is 0 Å². The van der Waals surface area contributed by atoms with Crippen molar-refractivity contribution in [2.45, 2.75) is 36.2 Å². The largest absolute Gasteiger partial charge is 0.310 e. The second-order valence-corrected chi connectivity index (χ2v) is 7.48. The maximum atomic E-state index is 13.3. The number of benzene rings is 1. The molecule has 0 amide bonds. The predicted octanol–water partition coefficient (Wildman–Crippen LogP) is 1.21. The van der Waals surface area contributed by atoms with E-state index in [1.54, 1.807) is 6.07 Å². The highest BCUT2D eigenvalue weighted by molar-refractivity contribution is 7.89. The lowest BCUT2D eigenvalue weighted by molar-refractivity contribution is 0.383. The van der Waals surface area contributed by atoms with Gasteiger partial charge in [-0.15, -0.1) is 0 Å². The Morgan fingerprint density at radius 3 is 2.81 bits per heavy atom. The summed E-state index contributed by atoms with van der Waals surface area (Å²) in [6.45, 7) is 0.883. The van der Waals surface area contributed by atoms with E-state index in [1.807, 2.05) is 0 Å². The number of nitriles is 1. The maximum Gasteiger partial charge on any atom is 0.243 e. The fourth-order valence-corrected chi connectivity index (χ4v) is 4.56. The van der Waals surface area contributed by atoms with Crippen molar-refractivity contribution in [3.8, 4) is 6.07 Å². The first-order chi connectivity index (χ1) is 10.0. The summed E-state index contributed by atoms with van der Waals surface area (Å²) in [5.74, 6) is -0.701. The average molecular weight is 309 g/mol. The molecular formula is C14H16FN3O2S. The van der Waals surface area contributed by atoms with Gasteiger partial charge in [0.25, 0.3) is 0 Å². The Morgan fingerprint density at radius 1 is 1.29 bits per heavy atom. The van der Waals surface area contributed by atoms with E-state index in [4.69, 9.17) is 5.26 Å². The molecule has 0 aliphatic carbocycles. The van der Waals surface area contributed by atoms with Gasteiger partial charge in [0.2, 0.25) is 10.0 Å². The van der Waals surface area contributed by atoms with Crippen LogP contribution in [0.4, 0.5) is 4.39 Å². The van der Waals surface area contributed by atoms with E-state index < -0.39 is 15.8 Å². The van der Waals surface area contributed by atoms with Crippen LogP contribution in [-0.2, 0) is 10.0 Å². The highest BCUT2D eigenvalue weighted by Gasteiger charge is 2.35. The van der Waals surface area contributed by atoms with Crippen LogP contribution in [0.15, 0.2) is 23.1 Å². The van der Waals surface area contributed by atoms with Crippen LogP contribution in [0.3, 0.4) is 0 Å². The van der Waals surface area contributed by atoms with Gasteiger partial charge in [0.05, 0.1) is 10.5 Å². The Kier molecular flexibility index (Phi) is 3.69. The highest BCUT2D eigenvalue weighted by Crippen LogP contribution is 2.25. The van der Waals surface area contributed by atoms with Crippen molar-refractivity contribution in [3.05, 3.63) is 29.6 Å². The van der Waals surface area contributed by atoms with Gasteiger partial charge in [0.15, 0.2) is 0 Å². The molecule has 21 heavy (non-hydrogen) atoms. The number of hydrogen-bond donors (Lipinski definition) is 1. The average Bonchev–Trinajstić information content (AvgIpc) is 2.77. The van der Waals surface area contributed by atoms with Crippen LogP contribution in [0.2, 0.25) is 0 Å². The minimum atomic E-state index is -3.68. The molecule has 2 fully saturated rings. The standard InChI is InChI=1S/C14H16FN3O2S/c15-14-4-3-13(7-10(14)8-16)21(19,20)18-6-5-11-1-2-12(9-18)17-11/h3-4,7,11-12,17H,1-2,5-6,9H2. The summed E-state index contributed by atoms with van der Waals surface area (Å²) in [4.78, 5) is -0.0155. The molecule has 2 aliphatic rings. The Labute approximate surface area is 123 Å². The Balaban J connectivity index is 1.91. The van der Waals surface area contributed by atoms with E-state index in [1.165, 1.54) is 10.4 Å². The minimum absolute atomic E-state index is 0.0155. The van der Waals surface area contributed by atoms with Gasteiger partial charge in [-0.05, 0) is 37.5 Å². The van der Waals surface area contributed by atoms with E-state index in [2.05, 4.69) is 5.32 Å². The maximum absolute atomic E-state index is 13.3. The smallest absolute Gasteiger partial charge is 0.243 e. The number of nitrogens with one attached hydrogen (secondary N) is 1. The van der Waals surface area contributed by atoms with E-state index in [0.717, 1.165) is 31.4 Å². The molecular weight excluding hydrogens is 293 g/mol. The summed E-state index contributed by atoms with van der Waals surface area (Å²) in [6, 6.07) is 5.62. The molecule has 112 valence electrons. The number of halogens is 1. The summed E-state index contributed by atoms with van der Waals surface area (Å²) >= 11 is 0. The third-order valence-electron chi connectivity index (χ3n) is 4.18. The first-order valence-electron chi connectivity index (χ1n) is 6.96. The molecule has 5 nitrogen and oxygen atoms in total. The topological polar surface area (TPSA) is 73.2 Å². The fourth-order valence-electron chi connectivity index (χ4n) is 3.03. The first-order valence-corrected chi connectivity index (χ1v) is 8.40. The van der Waals surface area contributed by atoms with Crippen LogP contribution in [0, 0.1) is 17.1 Å². The Bertz CT molecular complexity index is 699. The summed E-state index contributed by atoms with van der Waals surface area (Å²) in [5, 5.41) is 12.3.